The summed E-state index contributed by atoms with van der Waals surface area (Å²) in [5, 5.41) is 0. The fraction of sp³-hybridized carbons (Fsp3) is 0.500. The topological polar surface area (TPSA) is 28.7 Å². The standard InChI is InChI=1S/C8H11ClN2S/c1-3-6-5(2)10-7(4-9)11-8(6)12/h3-4H2,1-2H3,(H,10,11,12). The number of rotatable bonds is 2. The van der Waals surface area contributed by atoms with Gasteiger partial charge in [-0.2, -0.15) is 0 Å². The monoisotopic (exact) mass is 202 g/mol. The predicted molar refractivity (Wildman–Crippen MR) is 53.1 cm³/mol. The van der Waals surface area contributed by atoms with Crippen LogP contribution in [0.2, 0.25) is 0 Å². The summed E-state index contributed by atoms with van der Waals surface area (Å²) in [5.41, 5.74) is 2.19. The van der Waals surface area contributed by atoms with Crippen LogP contribution < -0.4 is 0 Å². The highest BCUT2D eigenvalue weighted by Crippen LogP contribution is 2.08. The van der Waals surface area contributed by atoms with Gasteiger partial charge in [-0.05, 0) is 13.3 Å². The molecule has 1 rings (SSSR count). The predicted octanol–water partition coefficient (Wildman–Crippen LogP) is 2.75. The van der Waals surface area contributed by atoms with Gasteiger partial charge < -0.3 is 4.98 Å². The lowest BCUT2D eigenvalue weighted by atomic mass is 10.2. The molecule has 4 heteroatoms. The van der Waals surface area contributed by atoms with Crippen molar-refractivity contribution in [2.75, 3.05) is 0 Å². The molecular formula is C8H11ClN2S. The average Bonchev–Trinajstić information content (AvgIpc) is 2.03. The number of aromatic nitrogens is 2. The molecule has 0 saturated carbocycles. The maximum Gasteiger partial charge on any atom is 0.133 e. The van der Waals surface area contributed by atoms with Crippen LogP contribution in [0, 0.1) is 11.6 Å². The summed E-state index contributed by atoms with van der Waals surface area (Å²) in [5.74, 6) is 1.13. The molecule has 0 radical (unpaired) electrons. The Morgan fingerprint density at radius 3 is 2.67 bits per heavy atom. The first-order valence-corrected chi connectivity index (χ1v) is 4.78. The van der Waals surface area contributed by atoms with E-state index in [1.165, 1.54) is 0 Å². The first kappa shape index (κ1) is 9.68. The smallest absolute Gasteiger partial charge is 0.133 e. The fourth-order valence-electron chi connectivity index (χ4n) is 1.15. The van der Waals surface area contributed by atoms with Gasteiger partial charge in [0, 0.05) is 11.3 Å². The van der Waals surface area contributed by atoms with Gasteiger partial charge in [0.1, 0.15) is 10.5 Å². The molecule has 12 heavy (non-hydrogen) atoms. The van der Waals surface area contributed by atoms with Crippen molar-refractivity contribution in [1.29, 1.82) is 0 Å². The van der Waals surface area contributed by atoms with Crippen LogP contribution >= 0.6 is 23.8 Å². The van der Waals surface area contributed by atoms with Crippen molar-refractivity contribution in [3.05, 3.63) is 21.7 Å². The van der Waals surface area contributed by atoms with E-state index in [-0.39, 0.29) is 0 Å². The molecule has 0 aliphatic rings. The Morgan fingerprint density at radius 1 is 1.58 bits per heavy atom. The number of aryl methyl sites for hydroxylation is 1. The highest BCUT2D eigenvalue weighted by Gasteiger charge is 2.01. The van der Waals surface area contributed by atoms with Crippen LogP contribution in [-0.2, 0) is 12.3 Å². The van der Waals surface area contributed by atoms with Crippen LogP contribution in [0.25, 0.3) is 0 Å². The lowest BCUT2D eigenvalue weighted by molar-refractivity contribution is 0.925. The molecule has 1 heterocycles. The van der Waals surface area contributed by atoms with Crippen molar-refractivity contribution >= 4 is 23.8 Å². The molecule has 0 saturated heterocycles. The molecule has 0 atom stereocenters. The number of hydrogen-bond acceptors (Lipinski definition) is 2. The molecule has 66 valence electrons. The minimum absolute atomic E-state index is 0.383. The van der Waals surface area contributed by atoms with Crippen molar-refractivity contribution in [2.24, 2.45) is 0 Å². The van der Waals surface area contributed by atoms with Gasteiger partial charge in [0.2, 0.25) is 0 Å². The lowest BCUT2D eigenvalue weighted by Gasteiger charge is -2.04. The molecule has 1 N–H and O–H groups in total. The van der Waals surface area contributed by atoms with Gasteiger partial charge in [0.25, 0.3) is 0 Å². The zero-order chi connectivity index (χ0) is 9.14. The van der Waals surface area contributed by atoms with Gasteiger partial charge in [0.05, 0.1) is 5.88 Å². The van der Waals surface area contributed by atoms with Crippen molar-refractivity contribution in [1.82, 2.24) is 9.97 Å². The molecule has 0 aliphatic heterocycles. The first-order valence-electron chi connectivity index (χ1n) is 3.83. The Morgan fingerprint density at radius 2 is 2.25 bits per heavy atom. The van der Waals surface area contributed by atoms with E-state index in [0.29, 0.717) is 10.5 Å². The van der Waals surface area contributed by atoms with Crippen LogP contribution in [0.5, 0.6) is 0 Å². The Balaban J connectivity index is 3.28. The SMILES string of the molecule is CCc1c(C)[nH]c(CCl)nc1=S. The average molecular weight is 203 g/mol. The number of H-pyrrole nitrogens is 1. The Kier molecular flexibility index (Phi) is 3.23. The van der Waals surface area contributed by atoms with Gasteiger partial charge in [-0.3, -0.25) is 0 Å². The Labute approximate surface area is 82.0 Å². The van der Waals surface area contributed by atoms with E-state index in [2.05, 4.69) is 16.9 Å². The summed E-state index contributed by atoms with van der Waals surface area (Å²) in [6.07, 6.45) is 0.913. The quantitative estimate of drug-likeness (QED) is 0.590. The van der Waals surface area contributed by atoms with Gasteiger partial charge in [0.15, 0.2) is 0 Å². The van der Waals surface area contributed by atoms with E-state index in [1.807, 2.05) is 6.92 Å². The van der Waals surface area contributed by atoms with Gasteiger partial charge in [-0.1, -0.05) is 19.1 Å². The minimum atomic E-state index is 0.383. The van der Waals surface area contributed by atoms with Crippen LogP contribution in [-0.4, -0.2) is 9.97 Å². The minimum Gasteiger partial charge on any atom is -0.346 e. The number of hydrogen-bond donors (Lipinski definition) is 1. The van der Waals surface area contributed by atoms with E-state index in [4.69, 9.17) is 23.8 Å². The molecule has 0 unspecified atom stereocenters. The van der Waals surface area contributed by atoms with E-state index in [0.717, 1.165) is 23.5 Å². The fourth-order valence-corrected chi connectivity index (χ4v) is 1.68. The zero-order valence-electron chi connectivity index (χ0n) is 7.15. The molecule has 1 aromatic rings. The Bertz CT molecular complexity index is 332. The second-order valence-electron chi connectivity index (χ2n) is 2.58. The van der Waals surface area contributed by atoms with Crippen molar-refractivity contribution in [3.63, 3.8) is 0 Å². The third kappa shape index (κ3) is 1.84. The third-order valence-corrected chi connectivity index (χ3v) is 2.35. The van der Waals surface area contributed by atoms with E-state index >= 15 is 0 Å². The highest BCUT2D eigenvalue weighted by molar-refractivity contribution is 7.71. The van der Waals surface area contributed by atoms with Crippen LogP contribution in [0.4, 0.5) is 0 Å². The second-order valence-corrected chi connectivity index (χ2v) is 3.23. The first-order chi connectivity index (χ1) is 5.69. The molecule has 1 aromatic heterocycles. The second kappa shape index (κ2) is 4.01. The zero-order valence-corrected chi connectivity index (χ0v) is 8.72. The summed E-state index contributed by atoms with van der Waals surface area (Å²) in [7, 11) is 0. The molecular weight excluding hydrogens is 192 g/mol. The normalized spacial score (nSPS) is 10.2. The van der Waals surface area contributed by atoms with Crippen molar-refractivity contribution in [3.8, 4) is 0 Å². The molecule has 0 spiro atoms. The molecule has 2 nitrogen and oxygen atoms in total. The van der Waals surface area contributed by atoms with E-state index in [1.54, 1.807) is 0 Å². The third-order valence-electron chi connectivity index (χ3n) is 1.76. The van der Waals surface area contributed by atoms with Gasteiger partial charge >= 0.3 is 0 Å². The lowest BCUT2D eigenvalue weighted by Crippen LogP contribution is -2.00. The largest absolute Gasteiger partial charge is 0.346 e. The molecule has 0 amide bonds. The summed E-state index contributed by atoms with van der Waals surface area (Å²) >= 11 is 10.7. The van der Waals surface area contributed by atoms with Gasteiger partial charge in [-0.25, -0.2) is 4.98 Å². The molecule has 0 bridgehead atoms. The van der Waals surface area contributed by atoms with Crippen molar-refractivity contribution < 1.29 is 0 Å². The van der Waals surface area contributed by atoms with Crippen LogP contribution in [0.1, 0.15) is 24.0 Å². The number of aromatic amines is 1. The van der Waals surface area contributed by atoms with Crippen LogP contribution in [0.3, 0.4) is 0 Å². The molecule has 0 aromatic carbocycles. The van der Waals surface area contributed by atoms with E-state index < -0.39 is 0 Å². The van der Waals surface area contributed by atoms with Crippen LogP contribution in [0.15, 0.2) is 0 Å². The van der Waals surface area contributed by atoms with E-state index in [9.17, 15) is 0 Å². The highest BCUT2D eigenvalue weighted by atomic mass is 35.5. The summed E-state index contributed by atoms with van der Waals surface area (Å²) in [6.45, 7) is 4.06. The number of halogens is 1. The maximum atomic E-state index is 5.63. The summed E-state index contributed by atoms with van der Waals surface area (Å²) < 4.78 is 0.671. The summed E-state index contributed by atoms with van der Waals surface area (Å²) in [6, 6.07) is 0. The summed E-state index contributed by atoms with van der Waals surface area (Å²) in [4.78, 5) is 7.26. The molecule has 0 fully saturated rings. The number of nitrogens with zero attached hydrogens (tertiary/aromatic N) is 1. The van der Waals surface area contributed by atoms with Gasteiger partial charge in [-0.15, -0.1) is 11.6 Å². The Hall–Kier alpha value is -0.410. The molecule has 0 aliphatic carbocycles. The van der Waals surface area contributed by atoms with Crippen molar-refractivity contribution in [2.45, 2.75) is 26.1 Å². The maximum absolute atomic E-state index is 5.63. The number of alkyl halides is 1. The number of nitrogens with one attached hydrogen (secondary N) is 1.